The zero-order chi connectivity index (χ0) is 52.8. The van der Waals surface area contributed by atoms with Gasteiger partial charge in [0.25, 0.3) is 0 Å². The number of carbonyl (C=O) groups excluding carboxylic acids is 6. The van der Waals surface area contributed by atoms with Crippen molar-refractivity contribution in [1.29, 1.82) is 0 Å². The van der Waals surface area contributed by atoms with Gasteiger partial charge in [0.05, 0.1) is 48.5 Å². The van der Waals surface area contributed by atoms with E-state index < -0.39 is 95.6 Å². The summed E-state index contributed by atoms with van der Waals surface area (Å²) in [6, 6.07) is 15.9. The van der Waals surface area contributed by atoms with Crippen molar-refractivity contribution < 1.29 is 61.9 Å². The monoisotopic (exact) mass is 996 g/mol. The van der Waals surface area contributed by atoms with Crippen LogP contribution in [-0.4, -0.2) is 191 Å². The average molecular weight is 996 g/mol. The van der Waals surface area contributed by atoms with E-state index in [0.717, 1.165) is 5.56 Å². The summed E-state index contributed by atoms with van der Waals surface area (Å²) in [5, 5.41) is 2.92. The fraction of sp³-hybridized carbons (Fsp3) is 0.660. The number of cyclic esters (lactones) is 1. The van der Waals surface area contributed by atoms with Crippen molar-refractivity contribution >= 4 is 36.0 Å². The van der Waals surface area contributed by atoms with Crippen molar-refractivity contribution in [1.82, 2.24) is 24.9 Å². The molecule has 0 aliphatic carbocycles. The number of ketones is 1. The van der Waals surface area contributed by atoms with Crippen LogP contribution >= 0.6 is 0 Å². The lowest BCUT2D eigenvalue weighted by atomic mass is 9.78. The summed E-state index contributed by atoms with van der Waals surface area (Å²) in [6.07, 6.45) is -3.78. The maximum absolute atomic E-state index is 14.9. The molecule has 18 nitrogen and oxygen atoms in total. The zero-order valence-corrected chi connectivity index (χ0v) is 44.5. The first kappa shape index (κ1) is 58.7. The van der Waals surface area contributed by atoms with Gasteiger partial charge in [0, 0.05) is 46.3 Å². The Kier molecular flexibility index (Phi) is 22.1. The molecule has 396 valence electrons. The third-order valence-corrected chi connectivity index (χ3v) is 14.3. The van der Waals surface area contributed by atoms with Gasteiger partial charge in [0.1, 0.15) is 24.2 Å². The van der Waals surface area contributed by atoms with Crippen molar-refractivity contribution in [3.63, 3.8) is 0 Å². The fourth-order valence-corrected chi connectivity index (χ4v) is 10.1. The quantitative estimate of drug-likeness (QED) is 0.0966. The molecule has 0 bridgehead atoms. The van der Waals surface area contributed by atoms with Gasteiger partial charge in [-0.2, -0.15) is 0 Å². The number of ether oxygens (including phenoxy) is 7. The number of rotatable bonds is 18. The number of carbonyl (C=O) groups is 6. The van der Waals surface area contributed by atoms with Crippen molar-refractivity contribution in [2.75, 3.05) is 75.6 Å². The Hall–Kier alpha value is -4.82. The van der Waals surface area contributed by atoms with E-state index in [1.807, 2.05) is 96.0 Å². The fourth-order valence-electron chi connectivity index (χ4n) is 10.1. The van der Waals surface area contributed by atoms with E-state index in [2.05, 4.69) is 5.32 Å². The van der Waals surface area contributed by atoms with Gasteiger partial charge in [-0.25, -0.2) is 4.79 Å². The largest absolute Gasteiger partial charge is 0.460 e. The van der Waals surface area contributed by atoms with E-state index >= 15 is 0 Å². The summed E-state index contributed by atoms with van der Waals surface area (Å²) in [7, 11) is 12.0. The van der Waals surface area contributed by atoms with Gasteiger partial charge in [0.15, 0.2) is 18.2 Å². The van der Waals surface area contributed by atoms with Crippen molar-refractivity contribution in [3.05, 3.63) is 71.8 Å². The number of hydrogen-bond donors (Lipinski definition) is 1. The molecule has 13 atom stereocenters. The van der Waals surface area contributed by atoms with Gasteiger partial charge in [-0.1, -0.05) is 69.3 Å². The first-order valence-corrected chi connectivity index (χ1v) is 24.6. The summed E-state index contributed by atoms with van der Waals surface area (Å²) in [4.78, 5) is 89.9. The van der Waals surface area contributed by atoms with E-state index in [9.17, 15) is 28.8 Å². The van der Waals surface area contributed by atoms with Gasteiger partial charge in [0.2, 0.25) is 12.3 Å². The summed E-state index contributed by atoms with van der Waals surface area (Å²) >= 11 is 0. The van der Waals surface area contributed by atoms with E-state index in [1.54, 1.807) is 61.0 Å². The molecule has 71 heavy (non-hydrogen) atoms. The van der Waals surface area contributed by atoms with Crippen LogP contribution in [0.15, 0.2) is 60.7 Å². The summed E-state index contributed by atoms with van der Waals surface area (Å²) in [5.41, 5.74) is -1.57. The Morgan fingerprint density at radius 2 is 1.55 bits per heavy atom. The predicted octanol–water partition coefficient (Wildman–Crippen LogP) is 4.22. The zero-order valence-electron chi connectivity index (χ0n) is 44.5. The van der Waals surface area contributed by atoms with Crippen LogP contribution < -0.4 is 5.32 Å². The molecule has 2 aliphatic heterocycles. The first-order chi connectivity index (χ1) is 33.5. The molecular formula is C53H81N5O13. The van der Waals surface area contributed by atoms with Crippen LogP contribution in [0.3, 0.4) is 0 Å². The molecule has 2 fully saturated rings. The van der Waals surface area contributed by atoms with Crippen molar-refractivity contribution in [2.45, 2.75) is 134 Å². The minimum atomic E-state index is -1.36. The standard InChI is InChI=1S/C53H81N5O13/c1-15-42-53(7,66-14)47(54-33-59)37(5)58(31-44(61)67-32-38-22-18-16-19-23-38)28-34(2)27-52(6,65-13)48(35(3)45(62)36(4)49(63)69-42)71-51-46(70-50(64)39-24-20-17-21-25-39)41(56(10)11)26-40(68-51)29-57(12)43(60)30-55(8)9/h16-25,33-37,40-42,46-48,51H,15,26-32H2,1-14H3,(H,54,59)/t34-,35+,36?,37-,40+,41?,42-,46-,47-,48-,51+,52-,53-/m1/s1. The predicted molar refractivity (Wildman–Crippen MR) is 266 cm³/mol. The van der Waals surface area contributed by atoms with Crippen LogP contribution in [0.4, 0.5) is 0 Å². The molecule has 2 saturated heterocycles. The molecule has 2 amide bonds. The highest BCUT2D eigenvalue weighted by Crippen LogP contribution is 2.39. The van der Waals surface area contributed by atoms with E-state index in [-0.39, 0.29) is 57.5 Å². The second-order valence-electron chi connectivity index (χ2n) is 20.2. The molecule has 2 heterocycles. The average Bonchev–Trinajstić information content (AvgIpc) is 3.34. The lowest BCUT2D eigenvalue weighted by Gasteiger charge is -2.48. The summed E-state index contributed by atoms with van der Waals surface area (Å²) in [6.45, 7) is 12.8. The molecule has 4 rings (SSSR count). The van der Waals surface area contributed by atoms with Crippen LogP contribution in [-0.2, 0) is 63.7 Å². The van der Waals surface area contributed by atoms with Crippen LogP contribution in [0.5, 0.6) is 0 Å². The summed E-state index contributed by atoms with van der Waals surface area (Å²) in [5.74, 6) is -5.30. The second-order valence-corrected chi connectivity index (χ2v) is 20.2. The van der Waals surface area contributed by atoms with Gasteiger partial charge in [-0.3, -0.25) is 28.9 Å². The Morgan fingerprint density at radius 3 is 2.11 bits per heavy atom. The molecule has 1 N–H and O–H groups in total. The molecule has 0 aromatic heterocycles. The number of methoxy groups -OCH3 is 2. The molecule has 0 spiro atoms. The molecule has 2 aromatic carbocycles. The highest BCUT2D eigenvalue weighted by atomic mass is 16.7. The number of amides is 2. The van der Waals surface area contributed by atoms with E-state index in [0.29, 0.717) is 18.4 Å². The van der Waals surface area contributed by atoms with Crippen molar-refractivity contribution in [3.8, 4) is 0 Å². The number of nitrogens with zero attached hydrogens (tertiary/aromatic N) is 4. The topological polar surface area (TPSA) is 192 Å². The third-order valence-electron chi connectivity index (χ3n) is 14.3. The lowest BCUT2D eigenvalue weighted by molar-refractivity contribution is -0.297. The first-order valence-electron chi connectivity index (χ1n) is 24.6. The van der Waals surface area contributed by atoms with E-state index in [1.165, 1.54) is 21.1 Å². The molecule has 0 saturated carbocycles. The molecule has 18 heteroatoms. The van der Waals surface area contributed by atoms with Crippen molar-refractivity contribution in [2.24, 2.45) is 17.8 Å². The molecule has 2 aromatic rings. The molecule has 2 aliphatic rings. The minimum absolute atomic E-state index is 0.0467. The number of esters is 3. The number of Topliss-reactive ketones (excluding diaryl/α,β-unsaturated/α-hetero) is 1. The minimum Gasteiger partial charge on any atom is -0.460 e. The Labute approximate surface area is 421 Å². The molecular weight excluding hydrogens is 915 g/mol. The van der Waals surface area contributed by atoms with Crippen LogP contribution in [0.1, 0.15) is 83.7 Å². The molecule has 2 unspecified atom stereocenters. The Bertz CT molecular complexity index is 2050. The maximum Gasteiger partial charge on any atom is 0.338 e. The number of benzene rings is 2. The Balaban J connectivity index is 1.87. The van der Waals surface area contributed by atoms with Crippen LogP contribution in [0.25, 0.3) is 0 Å². The van der Waals surface area contributed by atoms with E-state index in [4.69, 9.17) is 33.2 Å². The highest BCUT2D eigenvalue weighted by Gasteiger charge is 2.53. The summed E-state index contributed by atoms with van der Waals surface area (Å²) < 4.78 is 44.9. The van der Waals surface area contributed by atoms with Gasteiger partial charge < -0.3 is 53.2 Å². The lowest BCUT2D eigenvalue weighted by Crippen LogP contribution is -2.66. The Morgan fingerprint density at radius 1 is 0.915 bits per heavy atom. The van der Waals surface area contributed by atoms with Gasteiger partial charge >= 0.3 is 17.9 Å². The van der Waals surface area contributed by atoms with Gasteiger partial charge in [-0.15, -0.1) is 0 Å². The third kappa shape index (κ3) is 15.4. The normalized spacial score (nSPS) is 31.5. The van der Waals surface area contributed by atoms with Crippen LogP contribution in [0, 0.1) is 17.8 Å². The second kappa shape index (κ2) is 26.8. The smallest absolute Gasteiger partial charge is 0.338 e. The number of hydrogen-bond acceptors (Lipinski definition) is 16. The van der Waals surface area contributed by atoms with Crippen LogP contribution in [0.2, 0.25) is 0 Å². The number of nitrogens with one attached hydrogen (secondary N) is 1. The highest BCUT2D eigenvalue weighted by molar-refractivity contribution is 6.00. The number of likely N-dealkylation sites (N-methyl/N-ethyl adjacent to an activating group) is 3. The molecule has 0 radical (unpaired) electrons. The maximum atomic E-state index is 14.9. The van der Waals surface area contributed by atoms with Gasteiger partial charge in [-0.05, 0) is 98.8 Å². The SMILES string of the molecule is CC[C@H]1OC(=O)C(C)C(=O)[C@H](C)[C@@H](O[C@@H]2O[C@H](CN(C)C(=O)CN(C)C)CC(N(C)C)[C@H]2OC(=O)c2ccccc2)[C@](C)(OC)C[C@@H](C)CN(CC(=O)OCc2ccccc2)[C@H](C)[C@@H](NC=O)[C@]1(C)OC.